The number of nitrogens with zero attached hydrogens (tertiary/aromatic N) is 1. The Labute approximate surface area is 98.4 Å². The molecule has 0 bridgehead atoms. The van der Waals surface area contributed by atoms with E-state index in [2.05, 4.69) is 5.32 Å². The van der Waals surface area contributed by atoms with E-state index in [1.807, 2.05) is 6.92 Å². The van der Waals surface area contributed by atoms with Crippen molar-refractivity contribution in [2.24, 2.45) is 0 Å². The minimum atomic E-state index is -0.725. The first kappa shape index (κ1) is 12.0. The summed E-state index contributed by atoms with van der Waals surface area (Å²) < 4.78 is 26.0. The van der Waals surface area contributed by atoms with Gasteiger partial charge in [0.2, 0.25) is 0 Å². The van der Waals surface area contributed by atoms with Crippen molar-refractivity contribution in [3.63, 3.8) is 0 Å². The molecule has 1 N–H and O–H groups in total. The molecule has 92 valence electrons. The predicted octanol–water partition coefficient (Wildman–Crippen LogP) is 1.40. The highest BCUT2D eigenvalue weighted by molar-refractivity contribution is 5.94. The van der Waals surface area contributed by atoms with E-state index < -0.39 is 11.6 Å². The molecule has 0 spiro atoms. The summed E-state index contributed by atoms with van der Waals surface area (Å²) >= 11 is 0. The highest BCUT2D eigenvalue weighted by Crippen LogP contribution is 2.12. The van der Waals surface area contributed by atoms with Crippen molar-refractivity contribution < 1.29 is 13.6 Å². The maximum absolute atomic E-state index is 13.0. The summed E-state index contributed by atoms with van der Waals surface area (Å²) in [6, 6.07) is 3.10. The van der Waals surface area contributed by atoms with Gasteiger partial charge >= 0.3 is 0 Å². The Morgan fingerprint density at radius 2 is 2.00 bits per heavy atom. The van der Waals surface area contributed by atoms with Gasteiger partial charge in [-0.3, -0.25) is 4.79 Å². The van der Waals surface area contributed by atoms with Crippen LogP contribution in [0.25, 0.3) is 0 Å². The molecule has 1 aliphatic heterocycles. The molecule has 3 nitrogen and oxygen atoms in total. The molecule has 0 radical (unpaired) electrons. The third-order valence-electron chi connectivity index (χ3n) is 2.77. The number of amides is 1. The molecule has 0 aromatic heterocycles. The summed E-state index contributed by atoms with van der Waals surface area (Å²) in [6.07, 6.45) is 0. The fourth-order valence-corrected chi connectivity index (χ4v) is 1.98. The molecule has 1 aromatic rings. The van der Waals surface area contributed by atoms with Gasteiger partial charge in [0.05, 0.1) is 0 Å². The third-order valence-corrected chi connectivity index (χ3v) is 2.77. The Morgan fingerprint density at radius 3 is 2.59 bits per heavy atom. The van der Waals surface area contributed by atoms with Crippen molar-refractivity contribution in [3.8, 4) is 0 Å². The molecule has 1 amide bonds. The number of nitrogens with one attached hydrogen (secondary N) is 1. The Balaban J connectivity index is 2.18. The second kappa shape index (κ2) is 4.79. The van der Waals surface area contributed by atoms with Crippen LogP contribution in [0.4, 0.5) is 8.78 Å². The summed E-state index contributed by atoms with van der Waals surface area (Å²) in [5, 5.41) is 3.20. The maximum atomic E-state index is 13.0. The zero-order valence-electron chi connectivity index (χ0n) is 9.54. The first-order valence-corrected chi connectivity index (χ1v) is 5.55. The second-order valence-corrected chi connectivity index (χ2v) is 4.26. The monoisotopic (exact) mass is 240 g/mol. The molecule has 0 saturated carbocycles. The molecular formula is C12H14F2N2O. The highest BCUT2D eigenvalue weighted by Gasteiger charge is 2.22. The average molecular weight is 240 g/mol. The van der Waals surface area contributed by atoms with Gasteiger partial charge in [0.25, 0.3) is 5.91 Å². The molecule has 2 rings (SSSR count). The molecule has 17 heavy (non-hydrogen) atoms. The second-order valence-electron chi connectivity index (χ2n) is 4.26. The van der Waals surface area contributed by atoms with Gasteiger partial charge in [0, 0.05) is 37.3 Å². The average Bonchev–Trinajstić information content (AvgIpc) is 2.26. The van der Waals surface area contributed by atoms with Crippen LogP contribution in [0.5, 0.6) is 0 Å². The smallest absolute Gasteiger partial charge is 0.254 e. The van der Waals surface area contributed by atoms with Crippen molar-refractivity contribution >= 4 is 5.91 Å². The number of benzene rings is 1. The van der Waals surface area contributed by atoms with Crippen molar-refractivity contribution in [2.75, 3.05) is 19.6 Å². The van der Waals surface area contributed by atoms with Gasteiger partial charge in [-0.15, -0.1) is 0 Å². The quantitative estimate of drug-likeness (QED) is 0.804. The molecule has 1 saturated heterocycles. The number of carbonyl (C=O) groups is 1. The minimum Gasteiger partial charge on any atom is -0.336 e. The molecule has 1 heterocycles. The lowest BCUT2D eigenvalue weighted by Gasteiger charge is -2.31. The molecule has 1 aliphatic rings. The van der Waals surface area contributed by atoms with E-state index in [-0.39, 0.29) is 17.5 Å². The standard InChI is InChI=1S/C12H14F2N2O/c1-8-7-16(3-2-15-8)12(17)9-4-10(13)6-11(14)5-9/h4-6,8,15H,2-3,7H2,1H3/t8-/m0/s1. The lowest BCUT2D eigenvalue weighted by Crippen LogP contribution is -2.51. The highest BCUT2D eigenvalue weighted by atomic mass is 19.1. The van der Waals surface area contributed by atoms with Crippen molar-refractivity contribution in [1.29, 1.82) is 0 Å². The van der Waals surface area contributed by atoms with Gasteiger partial charge in [-0.2, -0.15) is 0 Å². The number of carbonyl (C=O) groups excluding carboxylic acids is 1. The minimum absolute atomic E-state index is 0.0663. The molecule has 5 heteroatoms. The van der Waals surface area contributed by atoms with Crippen LogP contribution in [0, 0.1) is 11.6 Å². The Hall–Kier alpha value is -1.49. The van der Waals surface area contributed by atoms with E-state index in [1.54, 1.807) is 4.90 Å². The van der Waals surface area contributed by atoms with Crippen molar-refractivity contribution in [3.05, 3.63) is 35.4 Å². The lowest BCUT2D eigenvalue weighted by molar-refractivity contribution is 0.0708. The van der Waals surface area contributed by atoms with Crippen LogP contribution < -0.4 is 5.32 Å². The van der Waals surface area contributed by atoms with Crippen molar-refractivity contribution in [2.45, 2.75) is 13.0 Å². The number of hydrogen-bond acceptors (Lipinski definition) is 2. The molecule has 1 fully saturated rings. The molecule has 0 aliphatic carbocycles. The SMILES string of the molecule is C[C@H]1CN(C(=O)c2cc(F)cc(F)c2)CCN1. The Kier molecular flexibility index (Phi) is 3.38. The summed E-state index contributed by atoms with van der Waals surface area (Å²) in [5.74, 6) is -1.77. The van der Waals surface area contributed by atoms with Gasteiger partial charge in [-0.05, 0) is 19.1 Å². The van der Waals surface area contributed by atoms with E-state index in [1.165, 1.54) is 0 Å². The topological polar surface area (TPSA) is 32.3 Å². The van der Waals surface area contributed by atoms with Crippen LogP contribution >= 0.6 is 0 Å². The summed E-state index contributed by atoms with van der Waals surface area (Å²) in [7, 11) is 0. The van der Waals surface area contributed by atoms with Crippen LogP contribution in [0.1, 0.15) is 17.3 Å². The van der Waals surface area contributed by atoms with Gasteiger partial charge in [0.1, 0.15) is 11.6 Å². The molecule has 0 unspecified atom stereocenters. The lowest BCUT2D eigenvalue weighted by atomic mass is 10.1. The summed E-state index contributed by atoms with van der Waals surface area (Å²) in [6.45, 7) is 3.77. The van der Waals surface area contributed by atoms with Crippen LogP contribution in [0.15, 0.2) is 18.2 Å². The fraction of sp³-hybridized carbons (Fsp3) is 0.417. The third kappa shape index (κ3) is 2.79. The number of halogens is 2. The Morgan fingerprint density at radius 1 is 1.35 bits per heavy atom. The summed E-state index contributed by atoms with van der Waals surface area (Å²) in [4.78, 5) is 13.6. The molecule has 1 aromatic carbocycles. The largest absolute Gasteiger partial charge is 0.336 e. The fourth-order valence-electron chi connectivity index (χ4n) is 1.98. The number of hydrogen-bond donors (Lipinski definition) is 1. The number of rotatable bonds is 1. The zero-order valence-corrected chi connectivity index (χ0v) is 9.54. The van der Waals surface area contributed by atoms with E-state index in [4.69, 9.17) is 0 Å². The van der Waals surface area contributed by atoms with Crippen LogP contribution in [0.3, 0.4) is 0 Å². The normalized spacial score (nSPS) is 20.4. The van der Waals surface area contributed by atoms with E-state index in [0.717, 1.165) is 18.2 Å². The Bertz CT molecular complexity index is 416. The van der Waals surface area contributed by atoms with Crippen molar-refractivity contribution in [1.82, 2.24) is 10.2 Å². The van der Waals surface area contributed by atoms with Gasteiger partial charge in [-0.1, -0.05) is 0 Å². The first-order valence-electron chi connectivity index (χ1n) is 5.55. The first-order chi connectivity index (χ1) is 8.06. The number of piperazine rings is 1. The molecular weight excluding hydrogens is 226 g/mol. The van der Waals surface area contributed by atoms with E-state index >= 15 is 0 Å². The van der Waals surface area contributed by atoms with Crippen LogP contribution in [-0.4, -0.2) is 36.5 Å². The van der Waals surface area contributed by atoms with E-state index in [0.29, 0.717) is 19.6 Å². The predicted molar refractivity (Wildman–Crippen MR) is 59.7 cm³/mol. The van der Waals surface area contributed by atoms with Crippen LogP contribution in [0.2, 0.25) is 0 Å². The van der Waals surface area contributed by atoms with Gasteiger partial charge < -0.3 is 10.2 Å². The molecule has 1 atom stereocenters. The van der Waals surface area contributed by atoms with Crippen LogP contribution in [-0.2, 0) is 0 Å². The maximum Gasteiger partial charge on any atom is 0.254 e. The zero-order chi connectivity index (χ0) is 12.4. The van der Waals surface area contributed by atoms with E-state index in [9.17, 15) is 13.6 Å². The van der Waals surface area contributed by atoms with Gasteiger partial charge in [0.15, 0.2) is 0 Å². The summed E-state index contributed by atoms with van der Waals surface area (Å²) in [5.41, 5.74) is 0.0663. The van der Waals surface area contributed by atoms with Gasteiger partial charge in [-0.25, -0.2) is 8.78 Å².